The predicted molar refractivity (Wildman–Crippen MR) is 110 cm³/mol. The lowest BCUT2D eigenvalue weighted by Gasteiger charge is -2.40. The average Bonchev–Trinajstić information content (AvgIpc) is 2.72. The monoisotopic (exact) mass is 401 g/mol. The lowest BCUT2D eigenvalue weighted by Crippen LogP contribution is -2.48. The molecular formula is C23H29F2N3O. The van der Waals surface area contributed by atoms with Crippen LogP contribution in [0.4, 0.5) is 8.78 Å². The summed E-state index contributed by atoms with van der Waals surface area (Å²) in [7, 11) is 0. The number of hydrogen-bond donors (Lipinski definition) is 1. The summed E-state index contributed by atoms with van der Waals surface area (Å²) in [6.45, 7) is 6.39. The van der Waals surface area contributed by atoms with E-state index in [1.54, 1.807) is 24.3 Å². The van der Waals surface area contributed by atoms with E-state index in [9.17, 15) is 13.6 Å². The molecule has 1 amide bonds. The van der Waals surface area contributed by atoms with Gasteiger partial charge in [-0.2, -0.15) is 0 Å². The van der Waals surface area contributed by atoms with Crippen LogP contribution in [0.25, 0.3) is 0 Å². The minimum atomic E-state index is -0.262. The first-order valence-electron chi connectivity index (χ1n) is 10.2. The number of nitrogens with zero attached hydrogens (tertiary/aromatic N) is 2. The molecule has 0 aliphatic carbocycles. The molecule has 0 radical (unpaired) electrons. The summed E-state index contributed by atoms with van der Waals surface area (Å²) in [5.41, 5.74) is 7.33. The molecule has 1 fully saturated rings. The molecule has 1 saturated heterocycles. The van der Waals surface area contributed by atoms with Crippen molar-refractivity contribution in [3.8, 4) is 0 Å². The lowest BCUT2D eigenvalue weighted by molar-refractivity contribution is -0.121. The van der Waals surface area contributed by atoms with Crippen LogP contribution in [-0.2, 0) is 4.79 Å². The maximum Gasteiger partial charge on any atom is 0.220 e. The summed E-state index contributed by atoms with van der Waals surface area (Å²) >= 11 is 0. The highest BCUT2D eigenvalue weighted by atomic mass is 19.1. The normalized spacial score (nSPS) is 16.8. The van der Waals surface area contributed by atoms with Gasteiger partial charge in [-0.15, -0.1) is 0 Å². The molecule has 0 spiro atoms. The van der Waals surface area contributed by atoms with Gasteiger partial charge in [0.15, 0.2) is 0 Å². The van der Waals surface area contributed by atoms with E-state index in [-0.39, 0.29) is 29.5 Å². The molecule has 4 nitrogen and oxygen atoms in total. The molecule has 2 aromatic rings. The molecule has 1 aliphatic heterocycles. The van der Waals surface area contributed by atoms with Crippen molar-refractivity contribution in [1.29, 1.82) is 0 Å². The molecule has 1 heterocycles. The second-order valence-corrected chi connectivity index (χ2v) is 7.83. The summed E-state index contributed by atoms with van der Waals surface area (Å²) in [4.78, 5) is 15.9. The van der Waals surface area contributed by atoms with Gasteiger partial charge in [0.2, 0.25) is 5.91 Å². The van der Waals surface area contributed by atoms with Crippen LogP contribution in [0.1, 0.15) is 36.9 Å². The van der Waals surface area contributed by atoms with Crippen LogP contribution in [-0.4, -0.2) is 48.4 Å². The quantitative estimate of drug-likeness (QED) is 0.736. The van der Waals surface area contributed by atoms with E-state index in [0.717, 1.165) is 56.7 Å². The van der Waals surface area contributed by atoms with E-state index in [0.29, 0.717) is 0 Å². The minimum Gasteiger partial charge on any atom is -0.369 e. The number of nitrogens with two attached hydrogens (primary N) is 1. The molecular weight excluding hydrogens is 372 g/mol. The number of hydrogen-bond acceptors (Lipinski definition) is 3. The standard InChI is InChI=1S/C23H29F2N3O/c1-17(23(26)29)3-2-12-27-13-15-28(16-14-27)22(18-4-8-20(24)9-5-18)19-6-10-21(25)11-7-19/h4-11,17,22H,2-3,12-16H2,1H3,(H2,26,29). The lowest BCUT2D eigenvalue weighted by atomic mass is 9.96. The van der Waals surface area contributed by atoms with Gasteiger partial charge in [0.25, 0.3) is 0 Å². The van der Waals surface area contributed by atoms with E-state index in [1.807, 2.05) is 6.92 Å². The molecule has 0 saturated carbocycles. The molecule has 1 atom stereocenters. The number of carbonyl (C=O) groups is 1. The van der Waals surface area contributed by atoms with Gasteiger partial charge in [0.05, 0.1) is 6.04 Å². The van der Waals surface area contributed by atoms with Gasteiger partial charge < -0.3 is 10.6 Å². The van der Waals surface area contributed by atoms with Crippen LogP contribution in [0.5, 0.6) is 0 Å². The maximum atomic E-state index is 13.4. The third kappa shape index (κ3) is 5.84. The van der Waals surface area contributed by atoms with E-state index >= 15 is 0 Å². The molecule has 3 rings (SSSR count). The topological polar surface area (TPSA) is 49.6 Å². The number of rotatable bonds is 8. The Morgan fingerprint density at radius 2 is 1.41 bits per heavy atom. The molecule has 156 valence electrons. The Morgan fingerprint density at radius 3 is 1.86 bits per heavy atom. The molecule has 2 aromatic carbocycles. The summed E-state index contributed by atoms with van der Waals surface area (Å²) in [6.07, 6.45) is 1.76. The first-order chi connectivity index (χ1) is 13.9. The van der Waals surface area contributed by atoms with E-state index < -0.39 is 0 Å². The molecule has 2 N–H and O–H groups in total. The largest absolute Gasteiger partial charge is 0.369 e. The van der Waals surface area contributed by atoms with Crippen molar-refractivity contribution in [2.24, 2.45) is 11.7 Å². The Balaban J connectivity index is 1.64. The highest BCUT2D eigenvalue weighted by molar-refractivity contribution is 5.76. The summed E-state index contributed by atoms with van der Waals surface area (Å²) in [5.74, 6) is -0.850. The molecule has 1 unspecified atom stereocenters. The summed E-state index contributed by atoms with van der Waals surface area (Å²) in [5, 5.41) is 0. The van der Waals surface area contributed by atoms with Crippen LogP contribution >= 0.6 is 0 Å². The van der Waals surface area contributed by atoms with Crippen molar-refractivity contribution >= 4 is 5.91 Å². The van der Waals surface area contributed by atoms with Crippen molar-refractivity contribution in [1.82, 2.24) is 9.80 Å². The number of benzene rings is 2. The van der Waals surface area contributed by atoms with Crippen molar-refractivity contribution in [3.05, 3.63) is 71.3 Å². The highest BCUT2D eigenvalue weighted by Crippen LogP contribution is 2.30. The number of halogens is 2. The van der Waals surface area contributed by atoms with Crippen molar-refractivity contribution in [2.75, 3.05) is 32.7 Å². The molecule has 6 heteroatoms. The predicted octanol–water partition coefficient (Wildman–Crippen LogP) is 3.57. The van der Waals surface area contributed by atoms with Crippen molar-refractivity contribution < 1.29 is 13.6 Å². The average molecular weight is 402 g/mol. The Hall–Kier alpha value is -2.31. The summed E-state index contributed by atoms with van der Waals surface area (Å²) < 4.78 is 26.9. The SMILES string of the molecule is CC(CCCN1CCN(C(c2ccc(F)cc2)c2ccc(F)cc2)CC1)C(N)=O. The van der Waals surface area contributed by atoms with Gasteiger partial charge in [0.1, 0.15) is 11.6 Å². The van der Waals surface area contributed by atoms with Crippen LogP contribution in [0, 0.1) is 17.6 Å². The second kappa shape index (κ2) is 9.94. The molecule has 1 aliphatic rings. The van der Waals surface area contributed by atoms with Crippen molar-refractivity contribution in [2.45, 2.75) is 25.8 Å². The maximum absolute atomic E-state index is 13.4. The molecule has 0 aromatic heterocycles. The third-order valence-corrected chi connectivity index (χ3v) is 5.74. The van der Waals surface area contributed by atoms with Crippen LogP contribution in [0.2, 0.25) is 0 Å². The summed E-state index contributed by atoms with van der Waals surface area (Å²) in [6, 6.07) is 13.1. The van der Waals surface area contributed by atoms with Gasteiger partial charge >= 0.3 is 0 Å². The van der Waals surface area contributed by atoms with Crippen LogP contribution < -0.4 is 5.73 Å². The van der Waals surface area contributed by atoms with Gasteiger partial charge in [-0.05, 0) is 54.8 Å². The van der Waals surface area contributed by atoms with E-state index in [1.165, 1.54) is 24.3 Å². The van der Waals surface area contributed by atoms with E-state index in [4.69, 9.17) is 5.73 Å². The highest BCUT2D eigenvalue weighted by Gasteiger charge is 2.26. The van der Waals surface area contributed by atoms with Gasteiger partial charge in [-0.25, -0.2) is 8.78 Å². The van der Waals surface area contributed by atoms with E-state index in [2.05, 4.69) is 9.80 Å². The van der Waals surface area contributed by atoms with Crippen molar-refractivity contribution in [3.63, 3.8) is 0 Å². The Morgan fingerprint density at radius 1 is 0.931 bits per heavy atom. The fraction of sp³-hybridized carbons (Fsp3) is 0.435. The Bertz CT molecular complexity index is 741. The zero-order chi connectivity index (χ0) is 20.8. The first kappa shape index (κ1) is 21.4. The first-order valence-corrected chi connectivity index (χ1v) is 10.2. The zero-order valence-corrected chi connectivity index (χ0v) is 16.9. The van der Waals surface area contributed by atoms with Crippen LogP contribution in [0.3, 0.4) is 0 Å². The fourth-order valence-corrected chi connectivity index (χ4v) is 3.91. The minimum absolute atomic E-state index is 0.0340. The fourth-order valence-electron chi connectivity index (χ4n) is 3.91. The second-order valence-electron chi connectivity index (χ2n) is 7.83. The van der Waals surface area contributed by atoms with Gasteiger partial charge in [-0.3, -0.25) is 9.69 Å². The number of amides is 1. The third-order valence-electron chi connectivity index (χ3n) is 5.74. The van der Waals surface area contributed by atoms with Crippen LogP contribution in [0.15, 0.2) is 48.5 Å². The Kier molecular flexibility index (Phi) is 7.34. The number of piperazine rings is 1. The molecule has 29 heavy (non-hydrogen) atoms. The Labute approximate surface area is 171 Å². The van der Waals surface area contributed by atoms with Gasteiger partial charge in [-0.1, -0.05) is 31.2 Å². The molecule has 0 bridgehead atoms. The zero-order valence-electron chi connectivity index (χ0n) is 16.9. The van der Waals surface area contributed by atoms with Gasteiger partial charge in [0, 0.05) is 32.1 Å². The number of primary amides is 1. The number of carbonyl (C=O) groups excluding carboxylic acids is 1. The smallest absolute Gasteiger partial charge is 0.220 e.